The predicted molar refractivity (Wildman–Crippen MR) is 95.8 cm³/mol. The zero-order valence-electron chi connectivity index (χ0n) is 15.0. The Morgan fingerprint density at radius 2 is 2.11 bits per heavy atom. The van der Waals surface area contributed by atoms with Gasteiger partial charge in [-0.05, 0) is 25.0 Å². The highest BCUT2D eigenvalue weighted by Gasteiger charge is 2.38. The average Bonchev–Trinajstić information content (AvgIpc) is 3.40. The Morgan fingerprint density at radius 1 is 1.30 bits per heavy atom. The molecule has 2 aliphatic rings. The maximum Gasteiger partial charge on any atom is 0.225 e. The van der Waals surface area contributed by atoms with Crippen molar-refractivity contribution in [1.29, 1.82) is 0 Å². The van der Waals surface area contributed by atoms with Crippen molar-refractivity contribution in [3.05, 3.63) is 41.9 Å². The monoisotopic (exact) mass is 371 g/mol. The van der Waals surface area contributed by atoms with E-state index in [4.69, 9.17) is 4.52 Å². The van der Waals surface area contributed by atoms with E-state index in [1.807, 2.05) is 4.90 Å². The molecule has 1 atom stereocenters. The number of hydrogen-bond donors (Lipinski definition) is 1. The van der Waals surface area contributed by atoms with Crippen LogP contribution in [0.2, 0.25) is 0 Å². The number of nitrogens with zero attached hydrogens (tertiary/aromatic N) is 2. The number of nitrogens with one attached hydrogen (secondary N) is 1. The lowest BCUT2D eigenvalue weighted by Gasteiger charge is -2.23. The minimum atomic E-state index is -0.344. The third-order valence-corrected chi connectivity index (χ3v) is 5.41. The molecule has 1 unspecified atom stereocenters. The lowest BCUT2D eigenvalue weighted by molar-refractivity contribution is -0.130. The third kappa shape index (κ3) is 3.86. The third-order valence-electron chi connectivity index (χ3n) is 5.41. The molecule has 1 aromatic carbocycles. The zero-order chi connectivity index (χ0) is 18.8. The topological polar surface area (TPSA) is 75.4 Å². The quantitative estimate of drug-likeness (QED) is 0.877. The van der Waals surface area contributed by atoms with Gasteiger partial charge >= 0.3 is 0 Å². The summed E-state index contributed by atoms with van der Waals surface area (Å²) >= 11 is 0. The number of rotatable bonds is 5. The minimum absolute atomic E-state index is 0.0788. The molecular weight excluding hydrogens is 349 g/mol. The smallest absolute Gasteiger partial charge is 0.225 e. The van der Waals surface area contributed by atoms with Crippen molar-refractivity contribution in [2.24, 2.45) is 5.92 Å². The van der Waals surface area contributed by atoms with E-state index < -0.39 is 0 Å². The van der Waals surface area contributed by atoms with Gasteiger partial charge in [-0.15, -0.1) is 0 Å². The fraction of sp³-hybridized carbons (Fsp3) is 0.450. The molecule has 0 spiro atoms. The van der Waals surface area contributed by atoms with Crippen LogP contribution in [0, 0.1) is 11.7 Å². The molecule has 6 nitrogen and oxygen atoms in total. The lowest BCUT2D eigenvalue weighted by atomic mass is 10.1. The molecule has 0 radical (unpaired) electrons. The van der Waals surface area contributed by atoms with Gasteiger partial charge in [-0.2, -0.15) is 0 Å². The van der Waals surface area contributed by atoms with Crippen LogP contribution in [-0.4, -0.2) is 34.5 Å². The van der Waals surface area contributed by atoms with Gasteiger partial charge in [-0.1, -0.05) is 30.1 Å². The Kier molecular flexibility index (Phi) is 4.92. The second-order valence-corrected chi connectivity index (χ2v) is 7.29. The molecule has 4 rings (SSSR count). The molecule has 2 aromatic rings. The SMILES string of the molecule is O=C(NCc1cc(-c2cccc(F)c2)no1)C1CC(=O)N(C2CCCC2)C1. The van der Waals surface area contributed by atoms with Crippen LogP contribution in [0.5, 0.6) is 0 Å². The van der Waals surface area contributed by atoms with Gasteiger partial charge in [0, 0.05) is 30.6 Å². The number of likely N-dealkylation sites (tertiary alicyclic amines) is 1. The number of aromatic nitrogens is 1. The summed E-state index contributed by atoms with van der Waals surface area (Å²) in [6.45, 7) is 0.690. The summed E-state index contributed by atoms with van der Waals surface area (Å²) in [6.07, 6.45) is 4.67. The number of carbonyl (C=O) groups is 2. The van der Waals surface area contributed by atoms with Gasteiger partial charge in [-0.25, -0.2) is 4.39 Å². The maximum absolute atomic E-state index is 13.3. The Labute approximate surface area is 156 Å². The summed E-state index contributed by atoms with van der Waals surface area (Å²) in [5.74, 6) is -0.242. The van der Waals surface area contributed by atoms with E-state index in [0.29, 0.717) is 29.6 Å². The number of carbonyl (C=O) groups excluding carboxylic acids is 2. The van der Waals surface area contributed by atoms with Gasteiger partial charge in [0.25, 0.3) is 0 Å². The fourth-order valence-electron chi connectivity index (χ4n) is 3.97. The molecule has 1 aromatic heterocycles. The van der Waals surface area contributed by atoms with Crippen molar-refractivity contribution in [1.82, 2.24) is 15.4 Å². The first-order chi connectivity index (χ1) is 13.1. The second kappa shape index (κ2) is 7.50. The van der Waals surface area contributed by atoms with Crippen LogP contribution in [-0.2, 0) is 16.1 Å². The van der Waals surface area contributed by atoms with E-state index in [1.165, 1.54) is 12.1 Å². The maximum atomic E-state index is 13.3. The number of hydrogen-bond acceptors (Lipinski definition) is 4. The van der Waals surface area contributed by atoms with Gasteiger partial charge < -0.3 is 14.7 Å². The summed E-state index contributed by atoms with van der Waals surface area (Å²) in [6, 6.07) is 8.07. The highest BCUT2D eigenvalue weighted by atomic mass is 19.1. The van der Waals surface area contributed by atoms with Crippen LogP contribution < -0.4 is 5.32 Å². The molecule has 7 heteroatoms. The van der Waals surface area contributed by atoms with Gasteiger partial charge in [0.05, 0.1) is 12.5 Å². The first-order valence-electron chi connectivity index (χ1n) is 9.39. The van der Waals surface area contributed by atoms with Gasteiger partial charge in [0.15, 0.2) is 5.76 Å². The average molecular weight is 371 g/mol. The molecule has 1 saturated heterocycles. The second-order valence-electron chi connectivity index (χ2n) is 7.29. The van der Waals surface area contributed by atoms with Crippen LogP contribution in [0.3, 0.4) is 0 Å². The van der Waals surface area contributed by atoms with E-state index in [-0.39, 0.29) is 36.5 Å². The zero-order valence-corrected chi connectivity index (χ0v) is 15.0. The molecule has 1 aliphatic carbocycles. The van der Waals surface area contributed by atoms with Crippen LogP contribution in [0.4, 0.5) is 4.39 Å². The van der Waals surface area contributed by atoms with E-state index in [0.717, 1.165) is 25.7 Å². The van der Waals surface area contributed by atoms with E-state index in [2.05, 4.69) is 10.5 Å². The molecule has 2 amide bonds. The summed E-state index contributed by atoms with van der Waals surface area (Å²) in [5, 5.41) is 6.75. The lowest BCUT2D eigenvalue weighted by Crippen LogP contribution is -2.36. The Balaban J connectivity index is 1.33. The minimum Gasteiger partial charge on any atom is -0.359 e. The van der Waals surface area contributed by atoms with Crippen molar-refractivity contribution in [2.45, 2.75) is 44.7 Å². The summed E-state index contributed by atoms with van der Waals surface area (Å²) in [5.41, 5.74) is 1.13. The van der Waals surface area contributed by atoms with Crippen molar-refractivity contribution < 1.29 is 18.5 Å². The fourth-order valence-corrected chi connectivity index (χ4v) is 3.97. The van der Waals surface area contributed by atoms with Gasteiger partial charge in [0.2, 0.25) is 11.8 Å². The van der Waals surface area contributed by atoms with Crippen LogP contribution in [0.25, 0.3) is 11.3 Å². The van der Waals surface area contributed by atoms with Crippen molar-refractivity contribution in [2.75, 3.05) is 6.54 Å². The molecule has 27 heavy (non-hydrogen) atoms. The number of halogens is 1. The molecule has 1 saturated carbocycles. The highest BCUT2D eigenvalue weighted by molar-refractivity contribution is 5.89. The summed E-state index contributed by atoms with van der Waals surface area (Å²) < 4.78 is 18.5. The standard InChI is InChI=1S/C20H22FN3O3/c21-15-5-3-4-13(8-15)18-10-17(27-23-18)11-22-20(26)14-9-19(25)24(12-14)16-6-1-2-7-16/h3-5,8,10,14,16H,1-2,6-7,9,11-12H2,(H,22,26). The molecule has 1 aliphatic heterocycles. The molecule has 0 bridgehead atoms. The van der Waals surface area contributed by atoms with Crippen LogP contribution in [0.1, 0.15) is 37.9 Å². The summed E-state index contributed by atoms with van der Waals surface area (Å²) in [7, 11) is 0. The first-order valence-corrected chi connectivity index (χ1v) is 9.39. The van der Waals surface area contributed by atoms with E-state index in [1.54, 1.807) is 18.2 Å². The highest BCUT2D eigenvalue weighted by Crippen LogP contribution is 2.29. The molecule has 2 fully saturated rings. The molecule has 2 heterocycles. The Bertz CT molecular complexity index is 845. The Hall–Kier alpha value is -2.70. The largest absolute Gasteiger partial charge is 0.359 e. The molecule has 142 valence electrons. The Morgan fingerprint density at radius 3 is 2.89 bits per heavy atom. The van der Waals surface area contributed by atoms with Crippen molar-refractivity contribution in [3.63, 3.8) is 0 Å². The molecule has 1 N–H and O–H groups in total. The van der Waals surface area contributed by atoms with Crippen LogP contribution >= 0.6 is 0 Å². The van der Waals surface area contributed by atoms with Gasteiger partial charge in [-0.3, -0.25) is 9.59 Å². The van der Waals surface area contributed by atoms with Crippen molar-refractivity contribution >= 4 is 11.8 Å². The summed E-state index contributed by atoms with van der Waals surface area (Å²) in [4.78, 5) is 26.6. The normalized spacial score (nSPS) is 20.4. The van der Waals surface area contributed by atoms with Crippen molar-refractivity contribution in [3.8, 4) is 11.3 Å². The van der Waals surface area contributed by atoms with Gasteiger partial charge in [0.1, 0.15) is 11.5 Å². The van der Waals surface area contributed by atoms with Crippen LogP contribution in [0.15, 0.2) is 34.9 Å². The first kappa shape index (κ1) is 17.7. The van der Waals surface area contributed by atoms with E-state index >= 15 is 0 Å². The number of benzene rings is 1. The van der Waals surface area contributed by atoms with E-state index in [9.17, 15) is 14.0 Å². The number of amides is 2. The molecular formula is C20H22FN3O3. The predicted octanol–water partition coefficient (Wildman–Crippen LogP) is 2.89.